The molecule has 0 aliphatic heterocycles. The molecule has 0 spiro atoms. The second kappa shape index (κ2) is 10.0. The first-order valence-corrected chi connectivity index (χ1v) is 9.56. The lowest BCUT2D eigenvalue weighted by molar-refractivity contribution is -0.0931. The largest absolute Gasteiger partial charge is 0.493 e. The van der Waals surface area contributed by atoms with Gasteiger partial charge in [0, 0.05) is 16.2 Å². The molecule has 0 aliphatic carbocycles. The van der Waals surface area contributed by atoms with Crippen molar-refractivity contribution >= 4 is 29.3 Å². The van der Waals surface area contributed by atoms with Gasteiger partial charge < -0.3 is 9.47 Å². The topological polar surface area (TPSA) is 35.5 Å². The van der Waals surface area contributed by atoms with E-state index in [1.807, 2.05) is 0 Å². The fraction of sp³-hybridized carbons (Fsp3) is 0.471. The number of hydrogen-bond donors (Lipinski definition) is 0. The smallest absolute Gasteiger partial charge is 0.414 e. The van der Waals surface area contributed by atoms with Crippen LogP contribution in [-0.2, 0) is 0 Å². The molecule has 1 aromatic rings. The number of ether oxygens (including phenoxy) is 2. The summed E-state index contributed by atoms with van der Waals surface area (Å²) in [5.41, 5.74) is -0.632. The van der Waals surface area contributed by atoms with Crippen molar-refractivity contribution in [2.24, 2.45) is 0 Å². The molecule has 0 fully saturated rings. The fourth-order valence-corrected chi connectivity index (χ4v) is 4.33. The quantitative estimate of drug-likeness (QED) is 0.513. The third-order valence-electron chi connectivity index (χ3n) is 3.18. The Balaban J connectivity index is 3.20. The lowest BCUT2D eigenvalue weighted by atomic mass is 10.0. The van der Waals surface area contributed by atoms with Crippen LogP contribution in [0.5, 0.6) is 11.5 Å². The lowest BCUT2D eigenvalue weighted by Gasteiger charge is -2.17. The van der Waals surface area contributed by atoms with Crippen LogP contribution in [0.15, 0.2) is 28.0 Å². The summed E-state index contributed by atoms with van der Waals surface area (Å²) < 4.78 is 50.8. The third kappa shape index (κ3) is 6.18. The number of allylic oxidation sites excluding steroid dienone is 1. The highest BCUT2D eigenvalue weighted by Crippen LogP contribution is 2.41. The second-order valence-corrected chi connectivity index (χ2v) is 7.61. The molecule has 0 bridgehead atoms. The number of ketones is 1. The first kappa shape index (κ1) is 21.8. The molecule has 0 radical (unpaired) electrons. The van der Waals surface area contributed by atoms with Crippen molar-refractivity contribution in [2.45, 2.75) is 26.4 Å². The molecule has 0 heterocycles. The minimum absolute atomic E-state index is 0.154. The third-order valence-corrected chi connectivity index (χ3v) is 5.48. The number of alkyl halides is 3. The second-order valence-electron chi connectivity index (χ2n) is 4.80. The highest BCUT2D eigenvalue weighted by atomic mass is 32.2. The van der Waals surface area contributed by atoms with E-state index in [0.717, 1.165) is 23.5 Å². The van der Waals surface area contributed by atoms with Crippen molar-refractivity contribution in [3.63, 3.8) is 0 Å². The number of carbonyl (C=O) groups is 1. The van der Waals surface area contributed by atoms with E-state index in [4.69, 9.17) is 9.47 Å². The number of rotatable bonds is 9. The molecule has 0 atom stereocenters. The Hall–Kier alpha value is -1.28. The summed E-state index contributed by atoms with van der Waals surface area (Å²) in [6.45, 7) is 3.57. The SMILES string of the molecule is CCSC(SCC)=C(CC(=O)c1ccc(OC)c(OC)c1)C(F)(F)F. The molecule has 140 valence electrons. The van der Waals surface area contributed by atoms with E-state index in [-0.39, 0.29) is 9.80 Å². The van der Waals surface area contributed by atoms with Gasteiger partial charge in [-0.15, -0.1) is 23.5 Å². The maximum atomic E-state index is 13.5. The molecule has 0 amide bonds. The van der Waals surface area contributed by atoms with Gasteiger partial charge in [-0.3, -0.25) is 4.79 Å². The van der Waals surface area contributed by atoms with Crippen molar-refractivity contribution in [3.05, 3.63) is 33.6 Å². The molecular formula is C17H21F3O3S2. The molecule has 0 N–H and O–H groups in total. The summed E-state index contributed by atoms with van der Waals surface area (Å²) in [6.07, 6.45) is -5.25. The van der Waals surface area contributed by atoms with Crippen LogP contribution in [0.25, 0.3) is 0 Å². The van der Waals surface area contributed by atoms with Gasteiger partial charge in [0.15, 0.2) is 17.3 Å². The molecule has 8 heteroatoms. The van der Waals surface area contributed by atoms with Gasteiger partial charge >= 0.3 is 6.18 Å². The number of carbonyl (C=O) groups excluding carboxylic acids is 1. The standard InChI is InChI=1S/C17H21F3O3S2/c1-5-24-16(25-6-2)12(17(18,19)20)10-13(21)11-7-8-14(22-3)15(9-11)23-4/h7-9H,5-6,10H2,1-4H3. The van der Waals surface area contributed by atoms with Gasteiger partial charge in [0.2, 0.25) is 0 Å². The Kier molecular flexibility index (Phi) is 8.71. The average Bonchev–Trinajstić information content (AvgIpc) is 2.57. The normalized spacial score (nSPS) is 11.2. The van der Waals surface area contributed by atoms with E-state index in [0.29, 0.717) is 23.0 Å². The monoisotopic (exact) mass is 394 g/mol. The van der Waals surface area contributed by atoms with E-state index in [1.54, 1.807) is 13.8 Å². The molecule has 0 aromatic heterocycles. The van der Waals surface area contributed by atoms with Crippen molar-refractivity contribution < 1.29 is 27.4 Å². The zero-order valence-electron chi connectivity index (χ0n) is 14.5. The van der Waals surface area contributed by atoms with Crippen LogP contribution in [0, 0.1) is 0 Å². The summed E-state index contributed by atoms with van der Waals surface area (Å²) in [5, 5.41) is 0. The summed E-state index contributed by atoms with van der Waals surface area (Å²) >= 11 is 2.23. The van der Waals surface area contributed by atoms with Crippen LogP contribution >= 0.6 is 23.5 Å². The zero-order chi connectivity index (χ0) is 19.0. The Morgan fingerprint density at radius 3 is 2.04 bits per heavy atom. The Labute approximate surface area is 154 Å². The molecular weight excluding hydrogens is 373 g/mol. The lowest BCUT2D eigenvalue weighted by Crippen LogP contribution is -2.17. The zero-order valence-corrected chi connectivity index (χ0v) is 16.2. The van der Waals surface area contributed by atoms with Crippen LogP contribution in [0.1, 0.15) is 30.6 Å². The van der Waals surface area contributed by atoms with Gasteiger partial charge in [0.25, 0.3) is 0 Å². The summed E-state index contributed by atoms with van der Waals surface area (Å²) in [7, 11) is 2.85. The minimum atomic E-state index is -4.55. The molecule has 3 nitrogen and oxygen atoms in total. The number of halogens is 3. The summed E-state index contributed by atoms with van der Waals surface area (Å²) in [4.78, 5) is 12.4. The highest BCUT2D eigenvalue weighted by molar-refractivity contribution is 8.22. The Bertz CT molecular complexity index is 620. The number of hydrogen-bond acceptors (Lipinski definition) is 5. The van der Waals surface area contributed by atoms with E-state index >= 15 is 0 Å². The van der Waals surface area contributed by atoms with Gasteiger partial charge in [0.05, 0.1) is 19.8 Å². The molecule has 25 heavy (non-hydrogen) atoms. The summed E-state index contributed by atoms with van der Waals surface area (Å²) in [6, 6.07) is 4.34. The molecule has 0 aliphatic rings. The molecule has 1 aromatic carbocycles. The van der Waals surface area contributed by atoms with Crippen LogP contribution in [0.3, 0.4) is 0 Å². The van der Waals surface area contributed by atoms with Crippen LogP contribution < -0.4 is 9.47 Å². The highest BCUT2D eigenvalue weighted by Gasteiger charge is 2.38. The first-order chi connectivity index (χ1) is 11.8. The maximum Gasteiger partial charge on any atom is 0.414 e. The van der Waals surface area contributed by atoms with Crippen molar-refractivity contribution in [2.75, 3.05) is 25.7 Å². The fourth-order valence-electron chi connectivity index (χ4n) is 2.04. The van der Waals surface area contributed by atoms with Gasteiger partial charge in [-0.05, 0) is 29.7 Å². The molecule has 1 rings (SSSR count). The van der Waals surface area contributed by atoms with Crippen LogP contribution in [0.4, 0.5) is 13.2 Å². The predicted molar refractivity (Wildman–Crippen MR) is 97.8 cm³/mol. The predicted octanol–water partition coefficient (Wildman–Crippen LogP) is 5.56. The molecule has 0 saturated heterocycles. The first-order valence-electron chi connectivity index (χ1n) is 7.59. The van der Waals surface area contributed by atoms with Gasteiger partial charge in [0.1, 0.15) is 0 Å². The Morgan fingerprint density at radius 1 is 1.04 bits per heavy atom. The average molecular weight is 394 g/mol. The minimum Gasteiger partial charge on any atom is -0.493 e. The van der Waals surface area contributed by atoms with E-state index < -0.39 is 24.0 Å². The number of thioether (sulfide) groups is 2. The van der Waals surface area contributed by atoms with Gasteiger partial charge in [-0.25, -0.2) is 0 Å². The number of methoxy groups -OCH3 is 2. The Morgan fingerprint density at radius 2 is 1.60 bits per heavy atom. The van der Waals surface area contributed by atoms with Gasteiger partial charge in [-0.2, -0.15) is 13.2 Å². The van der Waals surface area contributed by atoms with Crippen LogP contribution in [-0.4, -0.2) is 37.7 Å². The van der Waals surface area contributed by atoms with Crippen molar-refractivity contribution in [1.29, 1.82) is 0 Å². The van der Waals surface area contributed by atoms with E-state index in [1.165, 1.54) is 32.4 Å². The van der Waals surface area contributed by atoms with Crippen molar-refractivity contribution in [1.82, 2.24) is 0 Å². The van der Waals surface area contributed by atoms with Crippen molar-refractivity contribution in [3.8, 4) is 11.5 Å². The maximum absolute atomic E-state index is 13.5. The number of Topliss-reactive ketones (excluding diaryl/α,β-unsaturated/α-hetero) is 1. The van der Waals surface area contributed by atoms with Crippen LogP contribution in [0.2, 0.25) is 0 Å². The van der Waals surface area contributed by atoms with Gasteiger partial charge in [-0.1, -0.05) is 13.8 Å². The molecule has 0 saturated carbocycles. The number of benzene rings is 1. The van der Waals surface area contributed by atoms with E-state index in [2.05, 4.69) is 0 Å². The molecule has 0 unspecified atom stereocenters. The van der Waals surface area contributed by atoms with E-state index in [9.17, 15) is 18.0 Å². The summed E-state index contributed by atoms with van der Waals surface area (Å²) in [5.74, 6) is 1.12.